The van der Waals surface area contributed by atoms with E-state index in [0.29, 0.717) is 12.5 Å². The van der Waals surface area contributed by atoms with Gasteiger partial charge in [-0.15, -0.1) is 0 Å². The van der Waals surface area contributed by atoms with Crippen LogP contribution < -0.4 is 16.0 Å². The Morgan fingerprint density at radius 3 is 2.76 bits per heavy atom. The van der Waals surface area contributed by atoms with Crippen molar-refractivity contribution < 1.29 is 4.79 Å². The summed E-state index contributed by atoms with van der Waals surface area (Å²) < 4.78 is 0. The van der Waals surface area contributed by atoms with Gasteiger partial charge in [0, 0.05) is 24.8 Å². The molecule has 1 aromatic carbocycles. The number of amides is 1. The van der Waals surface area contributed by atoms with Crippen LogP contribution in [-0.2, 0) is 11.2 Å². The molecule has 2 atom stereocenters. The van der Waals surface area contributed by atoms with Crippen molar-refractivity contribution in [2.75, 3.05) is 18.0 Å². The van der Waals surface area contributed by atoms with Crippen LogP contribution in [-0.4, -0.2) is 31.1 Å². The first-order valence-corrected chi connectivity index (χ1v) is 7.87. The Kier molecular flexibility index (Phi) is 5.23. The minimum atomic E-state index is -0.400. The molecule has 0 fully saturated rings. The number of fused-ring (bicyclic) bond motifs is 1. The lowest BCUT2D eigenvalue weighted by Gasteiger charge is -2.28. The molecule has 1 aromatic rings. The van der Waals surface area contributed by atoms with Gasteiger partial charge in [-0.3, -0.25) is 4.79 Å². The lowest BCUT2D eigenvalue weighted by Crippen LogP contribution is -2.47. The molecule has 1 unspecified atom stereocenters. The van der Waals surface area contributed by atoms with Gasteiger partial charge < -0.3 is 16.0 Å². The predicted molar refractivity (Wildman–Crippen MR) is 87.4 cm³/mol. The van der Waals surface area contributed by atoms with Crippen LogP contribution in [0.15, 0.2) is 24.3 Å². The van der Waals surface area contributed by atoms with Crippen LogP contribution in [0.2, 0.25) is 0 Å². The van der Waals surface area contributed by atoms with Crippen molar-refractivity contribution >= 4 is 11.6 Å². The largest absolute Gasteiger partial charge is 0.366 e. The average Bonchev–Trinajstić information content (AvgIpc) is 2.87. The second-order valence-electron chi connectivity index (χ2n) is 6.40. The number of para-hydroxylation sites is 1. The minimum Gasteiger partial charge on any atom is -0.366 e. The van der Waals surface area contributed by atoms with Gasteiger partial charge in [0.15, 0.2) is 0 Å². The number of nitrogens with one attached hydrogen (secondary N) is 1. The van der Waals surface area contributed by atoms with Crippen LogP contribution >= 0.6 is 0 Å². The predicted octanol–water partition coefficient (Wildman–Crippen LogP) is 1.93. The maximum Gasteiger partial charge on any atom is 0.236 e. The molecule has 0 bridgehead atoms. The summed E-state index contributed by atoms with van der Waals surface area (Å²) in [5.74, 6) is 0.400. The van der Waals surface area contributed by atoms with E-state index in [9.17, 15) is 4.79 Å². The third-order valence-electron chi connectivity index (χ3n) is 4.09. The van der Waals surface area contributed by atoms with Crippen molar-refractivity contribution in [3.8, 4) is 0 Å². The van der Waals surface area contributed by atoms with Crippen molar-refractivity contribution in [2.45, 2.75) is 45.7 Å². The van der Waals surface area contributed by atoms with Gasteiger partial charge in [0.05, 0.1) is 6.04 Å². The molecule has 4 nitrogen and oxygen atoms in total. The Hall–Kier alpha value is -1.55. The van der Waals surface area contributed by atoms with Gasteiger partial charge in [-0.25, -0.2) is 0 Å². The Bertz CT molecular complexity index is 487. The highest BCUT2D eigenvalue weighted by molar-refractivity contribution is 5.81. The fraction of sp³-hybridized carbons (Fsp3) is 0.588. The SMILES string of the molecule is CC(C)C[C@H](N)C(=O)NCC(C)N1CCc2ccccc21. The molecule has 1 aliphatic heterocycles. The fourth-order valence-electron chi connectivity index (χ4n) is 2.93. The number of nitrogens with two attached hydrogens (primary N) is 1. The number of anilines is 1. The van der Waals surface area contributed by atoms with Gasteiger partial charge in [-0.05, 0) is 37.3 Å². The van der Waals surface area contributed by atoms with E-state index in [4.69, 9.17) is 5.73 Å². The summed E-state index contributed by atoms with van der Waals surface area (Å²) >= 11 is 0. The second kappa shape index (κ2) is 6.94. The molecule has 1 amide bonds. The maximum atomic E-state index is 12.0. The standard InChI is InChI=1S/C17H27N3O/c1-12(2)10-15(18)17(21)19-11-13(3)20-9-8-14-6-4-5-7-16(14)20/h4-7,12-13,15H,8-11,18H2,1-3H3,(H,19,21)/t13?,15-/m0/s1. The highest BCUT2D eigenvalue weighted by Gasteiger charge is 2.23. The molecule has 116 valence electrons. The smallest absolute Gasteiger partial charge is 0.236 e. The number of hydrogen-bond donors (Lipinski definition) is 2. The third kappa shape index (κ3) is 3.97. The number of carbonyl (C=O) groups is 1. The summed E-state index contributed by atoms with van der Waals surface area (Å²) in [7, 11) is 0. The van der Waals surface area contributed by atoms with Crippen LogP contribution in [0.3, 0.4) is 0 Å². The molecular weight excluding hydrogens is 262 g/mol. The lowest BCUT2D eigenvalue weighted by molar-refractivity contribution is -0.122. The summed E-state index contributed by atoms with van der Waals surface area (Å²) in [4.78, 5) is 14.4. The van der Waals surface area contributed by atoms with Gasteiger partial charge in [0.1, 0.15) is 0 Å². The molecule has 21 heavy (non-hydrogen) atoms. The van der Waals surface area contributed by atoms with Crippen molar-refractivity contribution in [2.24, 2.45) is 11.7 Å². The zero-order chi connectivity index (χ0) is 15.4. The van der Waals surface area contributed by atoms with Crippen molar-refractivity contribution in [3.63, 3.8) is 0 Å². The van der Waals surface area contributed by atoms with Crippen LogP contribution in [0.1, 0.15) is 32.8 Å². The highest BCUT2D eigenvalue weighted by Crippen LogP contribution is 2.28. The number of nitrogens with zero attached hydrogens (tertiary/aromatic N) is 1. The van der Waals surface area contributed by atoms with Crippen LogP contribution in [0.4, 0.5) is 5.69 Å². The molecule has 1 heterocycles. The average molecular weight is 289 g/mol. The Balaban J connectivity index is 1.86. The van der Waals surface area contributed by atoms with Crippen LogP contribution in [0, 0.1) is 5.92 Å². The van der Waals surface area contributed by atoms with Gasteiger partial charge in [0.2, 0.25) is 5.91 Å². The Morgan fingerprint density at radius 1 is 1.33 bits per heavy atom. The van der Waals surface area contributed by atoms with E-state index in [1.54, 1.807) is 0 Å². The summed E-state index contributed by atoms with van der Waals surface area (Å²) in [5.41, 5.74) is 8.60. The minimum absolute atomic E-state index is 0.0389. The first kappa shape index (κ1) is 15.8. The highest BCUT2D eigenvalue weighted by atomic mass is 16.2. The van der Waals surface area contributed by atoms with Crippen LogP contribution in [0.25, 0.3) is 0 Å². The van der Waals surface area contributed by atoms with Crippen molar-refractivity contribution in [3.05, 3.63) is 29.8 Å². The zero-order valence-corrected chi connectivity index (χ0v) is 13.3. The molecule has 0 radical (unpaired) electrons. The molecular formula is C17H27N3O. The summed E-state index contributed by atoms with van der Waals surface area (Å²) in [6.45, 7) is 7.97. The topological polar surface area (TPSA) is 58.4 Å². The van der Waals surface area contributed by atoms with Gasteiger partial charge in [0.25, 0.3) is 0 Å². The van der Waals surface area contributed by atoms with Crippen LogP contribution in [0.5, 0.6) is 0 Å². The molecule has 0 aliphatic carbocycles. The molecule has 4 heteroatoms. The zero-order valence-electron chi connectivity index (χ0n) is 13.3. The monoisotopic (exact) mass is 289 g/mol. The molecule has 2 rings (SSSR count). The van der Waals surface area contributed by atoms with Gasteiger partial charge in [-0.1, -0.05) is 32.0 Å². The third-order valence-corrected chi connectivity index (χ3v) is 4.09. The van der Waals surface area contributed by atoms with E-state index in [1.165, 1.54) is 11.3 Å². The van der Waals surface area contributed by atoms with E-state index in [2.05, 4.69) is 55.3 Å². The molecule has 0 saturated heterocycles. The van der Waals surface area contributed by atoms with Crippen molar-refractivity contribution in [1.29, 1.82) is 0 Å². The number of benzene rings is 1. The first-order valence-electron chi connectivity index (χ1n) is 7.87. The van der Waals surface area contributed by atoms with Gasteiger partial charge >= 0.3 is 0 Å². The van der Waals surface area contributed by atoms with E-state index >= 15 is 0 Å². The van der Waals surface area contributed by atoms with E-state index in [-0.39, 0.29) is 11.9 Å². The summed E-state index contributed by atoms with van der Waals surface area (Å²) in [5, 5.41) is 2.99. The van der Waals surface area contributed by atoms with Gasteiger partial charge in [-0.2, -0.15) is 0 Å². The number of hydrogen-bond acceptors (Lipinski definition) is 3. The fourth-order valence-corrected chi connectivity index (χ4v) is 2.93. The first-order chi connectivity index (χ1) is 9.99. The van der Waals surface area contributed by atoms with Crippen molar-refractivity contribution in [1.82, 2.24) is 5.32 Å². The second-order valence-corrected chi connectivity index (χ2v) is 6.40. The van der Waals surface area contributed by atoms with E-state index in [1.807, 2.05) is 0 Å². The lowest BCUT2D eigenvalue weighted by atomic mass is 10.0. The molecule has 0 saturated carbocycles. The number of carbonyl (C=O) groups excluding carboxylic acids is 1. The Labute approximate surface area is 127 Å². The maximum absolute atomic E-state index is 12.0. The summed E-state index contributed by atoms with van der Waals surface area (Å²) in [6.07, 6.45) is 1.81. The Morgan fingerprint density at radius 2 is 2.05 bits per heavy atom. The number of rotatable bonds is 6. The van der Waals surface area contributed by atoms with E-state index < -0.39 is 6.04 Å². The quantitative estimate of drug-likeness (QED) is 0.841. The molecule has 0 aromatic heterocycles. The van der Waals surface area contributed by atoms with E-state index in [0.717, 1.165) is 19.4 Å². The molecule has 1 aliphatic rings. The molecule has 3 N–H and O–H groups in total. The summed E-state index contributed by atoms with van der Waals surface area (Å²) in [6, 6.07) is 8.37. The normalized spacial score (nSPS) is 16.7. The molecule has 0 spiro atoms.